The van der Waals surface area contributed by atoms with Gasteiger partial charge in [0.15, 0.2) is 0 Å². The first-order valence-corrected chi connectivity index (χ1v) is 7.05. The molecular formula is C17H21NO3. The maximum atomic E-state index is 11.5. The number of methoxy groups -OCH3 is 2. The number of esters is 1. The average Bonchev–Trinajstić information content (AvgIpc) is 2.53. The zero-order valence-electron chi connectivity index (χ0n) is 12.7. The van der Waals surface area contributed by atoms with E-state index in [1.165, 1.54) is 7.11 Å². The zero-order chi connectivity index (χ0) is 15.2. The van der Waals surface area contributed by atoms with Crippen molar-refractivity contribution < 1.29 is 14.3 Å². The monoisotopic (exact) mass is 287 g/mol. The van der Waals surface area contributed by atoms with Crippen LogP contribution in [0.3, 0.4) is 0 Å². The Hall–Kier alpha value is -2.07. The lowest BCUT2D eigenvalue weighted by molar-refractivity contribution is -0.141. The van der Waals surface area contributed by atoms with Gasteiger partial charge in [-0.3, -0.25) is 4.79 Å². The molecule has 1 unspecified atom stereocenters. The highest BCUT2D eigenvalue weighted by molar-refractivity contribution is 5.84. The third-order valence-electron chi connectivity index (χ3n) is 3.52. The maximum Gasteiger partial charge on any atom is 0.307 e. The van der Waals surface area contributed by atoms with Crippen LogP contribution >= 0.6 is 0 Å². The summed E-state index contributed by atoms with van der Waals surface area (Å²) in [7, 11) is 3.07. The van der Waals surface area contributed by atoms with Crippen LogP contribution in [-0.4, -0.2) is 26.7 Å². The summed E-state index contributed by atoms with van der Waals surface area (Å²) in [4.78, 5) is 11.5. The van der Waals surface area contributed by atoms with E-state index >= 15 is 0 Å². The first kappa shape index (κ1) is 15.3. The van der Waals surface area contributed by atoms with Gasteiger partial charge in [0.05, 0.1) is 20.6 Å². The molecule has 2 aromatic carbocycles. The molecule has 112 valence electrons. The maximum absolute atomic E-state index is 11.5. The van der Waals surface area contributed by atoms with Crippen molar-refractivity contribution in [2.45, 2.75) is 19.4 Å². The van der Waals surface area contributed by atoms with Gasteiger partial charge < -0.3 is 14.8 Å². The van der Waals surface area contributed by atoms with E-state index in [0.29, 0.717) is 6.42 Å². The highest BCUT2D eigenvalue weighted by Gasteiger charge is 2.15. The summed E-state index contributed by atoms with van der Waals surface area (Å²) in [6, 6.07) is 12.1. The number of carbonyl (C=O) groups excluding carboxylic acids is 1. The van der Waals surface area contributed by atoms with Crippen molar-refractivity contribution in [3.63, 3.8) is 0 Å². The van der Waals surface area contributed by atoms with Crippen LogP contribution in [0.15, 0.2) is 36.4 Å². The molecule has 0 spiro atoms. The lowest BCUT2D eigenvalue weighted by Gasteiger charge is -2.18. The second-order valence-corrected chi connectivity index (χ2v) is 4.86. The third kappa shape index (κ3) is 3.73. The van der Waals surface area contributed by atoms with Gasteiger partial charge in [0, 0.05) is 6.04 Å². The molecule has 0 saturated carbocycles. The van der Waals surface area contributed by atoms with E-state index in [9.17, 15) is 4.79 Å². The Kier molecular flexibility index (Phi) is 5.17. The van der Waals surface area contributed by atoms with Crippen molar-refractivity contribution in [2.75, 3.05) is 20.8 Å². The fraction of sp³-hybridized carbons (Fsp3) is 0.353. The molecule has 0 aliphatic heterocycles. The second kappa shape index (κ2) is 7.09. The van der Waals surface area contributed by atoms with Gasteiger partial charge in [-0.15, -0.1) is 0 Å². The molecule has 1 atom stereocenters. The van der Waals surface area contributed by atoms with Crippen LogP contribution in [0.5, 0.6) is 5.75 Å². The smallest absolute Gasteiger partial charge is 0.307 e. The lowest BCUT2D eigenvalue weighted by Crippen LogP contribution is -2.24. The minimum absolute atomic E-state index is 0.0334. The van der Waals surface area contributed by atoms with E-state index in [1.54, 1.807) is 7.11 Å². The molecule has 0 aliphatic rings. The summed E-state index contributed by atoms with van der Waals surface area (Å²) in [6.07, 6.45) is 0.325. The number of hydrogen-bond donors (Lipinski definition) is 1. The summed E-state index contributed by atoms with van der Waals surface area (Å²) in [5, 5.41) is 5.57. The fourth-order valence-corrected chi connectivity index (χ4v) is 2.39. The molecule has 1 N–H and O–H groups in total. The predicted molar refractivity (Wildman–Crippen MR) is 83.6 cm³/mol. The molecular weight excluding hydrogens is 266 g/mol. The van der Waals surface area contributed by atoms with E-state index in [4.69, 9.17) is 9.47 Å². The Labute approximate surface area is 125 Å². The minimum Gasteiger partial charge on any atom is -0.497 e. The van der Waals surface area contributed by atoms with Crippen molar-refractivity contribution >= 4 is 16.7 Å². The average molecular weight is 287 g/mol. The van der Waals surface area contributed by atoms with Gasteiger partial charge in [-0.05, 0) is 41.1 Å². The number of hydrogen-bond acceptors (Lipinski definition) is 4. The highest BCUT2D eigenvalue weighted by atomic mass is 16.5. The van der Waals surface area contributed by atoms with Crippen molar-refractivity contribution in [1.82, 2.24) is 5.32 Å². The predicted octanol–water partition coefficient (Wildman–Crippen LogP) is 3.06. The number of benzene rings is 2. The summed E-state index contributed by atoms with van der Waals surface area (Å²) in [6.45, 7) is 2.82. The highest BCUT2D eigenvalue weighted by Crippen LogP contribution is 2.25. The molecule has 4 heteroatoms. The summed E-state index contributed by atoms with van der Waals surface area (Å²) >= 11 is 0. The van der Waals surface area contributed by atoms with Gasteiger partial charge in [0.1, 0.15) is 5.75 Å². The first-order valence-electron chi connectivity index (χ1n) is 7.05. The normalized spacial score (nSPS) is 12.1. The van der Waals surface area contributed by atoms with Gasteiger partial charge in [0.2, 0.25) is 0 Å². The molecule has 0 radical (unpaired) electrons. The Morgan fingerprint density at radius 1 is 1.14 bits per heavy atom. The quantitative estimate of drug-likeness (QED) is 0.830. The zero-order valence-corrected chi connectivity index (χ0v) is 12.7. The molecule has 4 nitrogen and oxygen atoms in total. The van der Waals surface area contributed by atoms with Crippen molar-refractivity contribution in [3.05, 3.63) is 42.0 Å². The molecule has 21 heavy (non-hydrogen) atoms. The number of nitrogens with one attached hydrogen (secondary N) is 1. The van der Waals surface area contributed by atoms with Crippen LogP contribution in [0.2, 0.25) is 0 Å². The Morgan fingerprint density at radius 3 is 2.52 bits per heavy atom. The molecule has 2 aromatic rings. The number of ether oxygens (including phenoxy) is 2. The Balaban J connectivity index is 2.32. The van der Waals surface area contributed by atoms with Gasteiger partial charge in [-0.2, -0.15) is 0 Å². The third-order valence-corrected chi connectivity index (χ3v) is 3.52. The van der Waals surface area contributed by atoms with Crippen molar-refractivity contribution in [2.24, 2.45) is 0 Å². The molecule has 0 bridgehead atoms. The summed E-state index contributed by atoms with van der Waals surface area (Å²) in [5.74, 6) is 0.629. The second-order valence-electron chi connectivity index (χ2n) is 4.86. The van der Waals surface area contributed by atoms with Gasteiger partial charge in [-0.1, -0.05) is 25.1 Å². The van der Waals surface area contributed by atoms with E-state index in [2.05, 4.69) is 17.4 Å². The molecule has 0 amide bonds. The van der Waals surface area contributed by atoms with Crippen LogP contribution in [0.4, 0.5) is 0 Å². The SMILES string of the molecule is CCNC(CC(=O)OC)c1ccc2cc(OC)ccc2c1. The van der Waals surface area contributed by atoms with Gasteiger partial charge in [0.25, 0.3) is 0 Å². The molecule has 0 fully saturated rings. The molecule has 0 aliphatic carbocycles. The van der Waals surface area contributed by atoms with Crippen LogP contribution in [0.25, 0.3) is 10.8 Å². The van der Waals surface area contributed by atoms with Crippen LogP contribution in [0, 0.1) is 0 Å². The minimum atomic E-state index is -0.212. The standard InChI is InChI=1S/C17H21NO3/c1-4-18-16(11-17(19)21-3)14-6-5-13-10-15(20-2)8-7-12(13)9-14/h5-10,16,18H,4,11H2,1-3H3. The van der Waals surface area contributed by atoms with Crippen molar-refractivity contribution in [1.29, 1.82) is 0 Å². The van der Waals surface area contributed by atoms with E-state index in [0.717, 1.165) is 28.6 Å². The van der Waals surface area contributed by atoms with E-state index in [1.807, 2.05) is 31.2 Å². The molecule has 0 aromatic heterocycles. The fourth-order valence-electron chi connectivity index (χ4n) is 2.39. The molecule has 0 heterocycles. The largest absolute Gasteiger partial charge is 0.497 e. The van der Waals surface area contributed by atoms with Crippen LogP contribution in [-0.2, 0) is 9.53 Å². The van der Waals surface area contributed by atoms with Gasteiger partial charge in [-0.25, -0.2) is 0 Å². The Bertz CT molecular complexity index is 624. The summed E-state index contributed by atoms with van der Waals surface area (Å²) < 4.78 is 10.0. The van der Waals surface area contributed by atoms with Crippen LogP contribution in [0.1, 0.15) is 24.9 Å². The molecule has 2 rings (SSSR count). The molecule has 0 saturated heterocycles. The number of carbonyl (C=O) groups is 1. The van der Waals surface area contributed by atoms with E-state index in [-0.39, 0.29) is 12.0 Å². The van der Waals surface area contributed by atoms with Crippen LogP contribution < -0.4 is 10.1 Å². The van der Waals surface area contributed by atoms with E-state index < -0.39 is 0 Å². The number of fused-ring (bicyclic) bond motifs is 1. The van der Waals surface area contributed by atoms with Gasteiger partial charge >= 0.3 is 5.97 Å². The lowest BCUT2D eigenvalue weighted by atomic mass is 9.99. The first-order chi connectivity index (χ1) is 10.2. The summed E-state index contributed by atoms with van der Waals surface area (Å²) in [5.41, 5.74) is 1.08. The number of rotatable bonds is 6. The van der Waals surface area contributed by atoms with Crippen molar-refractivity contribution in [3.8, 4) is 5.75 Å². The Morgan fingerprint density at radius 2 is 1.86 bits per heavy atom. The topological polar surface area (TPSA) is 47.6 Å².